The van der Waals surface area contributed by atoms with Crippen molar-refractivity contribution in [1.82, 2.24) is 4.90 Å². The van der Waals surface area contributed by atoms with E-state index in [0.717, 1.165) is 17.2 Å². The molecule has 0 aliphatic carbocycles. The summed E-state index contributed by atoms with van der Waals surface area (Å²) < 4.78 is 0. The third kappa shape index (κ3) is 3.26. The van der Waals surface area contributed by atoms with E-state index < -0.39 is 16.6 Å². The van der Waals surface area contributed by atoms with E-state index in [1.165, 1.54) is 4.90 Å². The molecule has 0 aromatic heterocycles. The SMILES string of the molecule is CC(C)CCN1C(=O)C(SS)C(C(C)(C)C#N)C1=O. The predicted molar refractivity (Wildman–Crippen MR) is 79.4 cm³/mol. The normalized spacial score (nSPS) is 24.2. The fourth-order valence-corrected chi connectivity index (χ4v) is 3.60. The molecule has 1 aliphatic heterocycles. The molecule has 4 nitrogen and oxygen atoms in total. The zero-order valence-electron chi connectivity index (χ0n) is 11.7. The van der Waals surface area contributed by atoms with E-state index in [-0.39, 0.29) is 11.8 Å². The van der Waals surface area contributed by atoms with Crippen LogP contribution < -0.4 is 0 Å². The van der Waals surface area contributed by atoms with Gasteiger partial charge >= 0.3 is 0 Å². The van der Waals surface area contributed by atoms with Gasteiger partial charge in [0.05, 0.1) is 17.4 Å². The molecule has 0 N–H and O–H groups in total. The van der Waals surface area contributed by atoms with E-state index in [1.807, 2.05) is 13.8 Å². The van der Waals surface area contributed by atoms with Crippen molar-refractivity contribution in [3.05, 3.63) is 0 Å². The Hall–Kier alpha value is -0.670. The van der Waals surface area contributed by atoms with Gasteiger partial charge in [0.2, 0.25) is 11.8 Å². The van der Waals surface area contributed by atoms with Crippen molar-refractivity contribution in [2.75, 3.05) is 6.54 Å². The first-order valence-corrected chi connectivity index (χ1v) is 8.26. The molecule has 106 valence electrons. The van der Waals surface area contributed by atoms with Crippen LogP contribution in [0.15, 0.2) is 0 Å². The number of thiol groups is 1. The summed E-state index contributed by atoms with van der Waals surface area (Å²) >= 11 is 4.10. The average molecular weight is 300 g/mol. The standard InChI is InChI=1S/C13H20N2O2S2/c1-8(2)5-6-15-11(16)9(13(3,4)7-14)10(19-18)12(15)17/h8-10,18H,5-6H2,1-4H3. The van der Waals surface area contributed by atoms with Crippen molar-refractivity contribution < 1.29 is 9.59 Å². The second-order valence-corrected chi connectivity index (χ2v) is 7.20. The summed E-state index contributed by atoms with van der Waals surface area (Å²) in [6.45, 7) is 7.93. The number of rotatable bonds is 5. The number of likely N-dealkylation sites (tertiary alicyclic amines) is 1. The molecule has 0 bridgehead atoms. The van der Waals surface area contributed by atoms with Gasteiger partial charge in [-0.3, -0.25) is 14.5 Å². The van der Waals surface area contributed by atoms with Crippen molar-refractivity contribution in [2.24, 2.45) is 17.3 Å². The Kier molecular flexibility index (Phi) is 5.34. The van der Waals surface area contributed by atoms with E-state index in [2.05, 4.69) is 17.7 Å². The number of hydrogen-bond acceptors (Lipinski definition) is 5. The van der Waals surface area contributed by atoms with Gasteiger partial charge in [-0.2, -0.15) is 5.26 Å². The van der Waals surface area contributed by atoms with Gasteiger partial charge < -0.3 is 0 Å². The molecular weight excluding hydrogens is 280 g/mol. The summed E-state index contributed by atoms with van der Waals surface area (Å²) in [6.07, 6.45) is 0.779. The van der Waals surface area contributed by atoms with Gasteiger partial charge in [0.1, 0.15) is 5.25 Å². The highest BCUT2D eigenvalue weighted by molar-refractivity contribution is 8.69. The van der Waals surface area contributed by atoms with Crippen LogP contribution >= 0.6 is 22.5 Å². The molecule has 0 radical (unpaired) electrons. The summed E-state index contributed by atoms with van der Waals surface area (Å²) in [6, 6.07) is 2.14. The number of carbonyl (C=O) groups is 2. The fourth-order valence-electron chi connectivity index (χ4n) is 2.17. The first-order chi connectivity index (χ1) is 8.76. The van der Waals surface area contributed by atoms with E-state index in [0.29, 0.717) is 12.5 Å². The summed E-state index contributed by atoms with van der Waals surface area (Å²) in [4.78, 5) is 26.0. The predicted octanol–water partition coefficient (Wildman–Crippen LogP) is 2.51. The topological polar surface area (TPSA) is 61.2 Å². The largest absolute Gasteiger partial charge is 0.281 e. The molecule has 1 rings (SSSR count). The summed E-state index contributed by atoms with van der Waals surface area (Å²) in [5, 5.41) is 8.65. The monoisotopic (exact) mass is 300 g/mol. The minimum absolute atomic E-state index is 0.209. The van der Waals surface area contributed by atoms with Crippen LogP contribution in [0.4, 0.5) is 0 Å². The zero-order valence-corrected chi connectivity index (χ0v) is 13.4. The molecule has 2 atom stereocenters. The molecule has 0 aromatic rings. The Labute approximate surface area is 123 Å². The first-order valence-electron chi connectivity index (χ1n) is 6.33. The van der Waals surface area contributed by atoms with E-state index in [1.54, 1.807) is 13.8 Å². The van der Waals surface area contributed by atoms with Crippen molar-refractivity contribution in [3.63, 3.8) is 0 Å². The number of nitrogens with zero attached hydrogens (tertiary/aromatic N) is 2. The maximum atomic E-state index is 12.4. The molecule has 2 amide bonds. The number of amides is 2. The molecule has 1 aliphatic rings. The van der Waals surface area contributed by atoms with Crippen LogP contribution in [-0.2, 0) is 9.59 Å². The van der Waals surface area contributed by atoms with Crippen LogP contribution in [0.25, 0.3) is 0 Å². The van der Waals surface area contributed by atoms with Gasteiger partial charge in [0, 0.05) is 6.54 Å². The highest BCUT2D eigenvalue weighted by Gasteiger charge is 2.54. The lowest BCUT2D eigenvalue weighted by Crippen LogP contribution is -2.36. The van der Waals surface area contributed by atoms with E-state index >= 15 is 0 Å². The summed E-state index contributed by atoms with van der Waals surface area (Å²) in [5.41, 5.74) is -0.861. The zero-order chi connectivity index (χ0) is 14.8. The van der Waals surface area contributed by atoms with Crippen LogP contribution in [-0.4, -0.2) is 28.5 Å². The Morgan fingerprint density at radius 1 is 1.42 bits per heavy atom. The van der Waals surface area contributed by atoms with Gasteiger partial charge in [-0.05, 0) is 26.2 Å². The van der Waals surface area contributed by atoms with E-state index in [4.69, 9.17) is 0 Å². The third-order valence-electron chi connectivity index (χ3n) is 3.45. The second kappa shape index (κ2) is 6.19. The van der Waals surface area contributed by atoms with Crippen LogP contribution in [0, 0.1) is 28.6 Å². The minimum Gasteiger partial charge on any atom is -0.281 e. The Morgan fingerprint density at radius 2 is 2.00 bits per heavy atom. The molecule has 6 heteroatoms. The Bertz CT molecular complexity index is 415. The quantitative estimate of drug-likeness (QED) is 0.481. The van der Waals surface area contributed by atoms with Gasteiger partial charge in [0.15, 0.2) is 0 Å². The lowest BCUT2D eigenvalue weighted by atomic mass is 9.79. The molecule has 1 fully saturated rings. The highest BCUT2D eigenvalue weighted by Crippen LogP contribution is 2.42. The lowest BCUT2D eigenvalue weighted by Gasteiger charge is -2.24. The van der Waals surface area contributed by atoms with Gasteiger partial charge in [-0.25, -0.2) is 0 Å². The van der Waals surface area contributed by atoms with Crippen LogP contribution in [0.2, 0.25) is 0 Å². The highest BCUT2D eigenvalue weighted by atomic mass is 33.1. The molecule has 19 heavy (non-hydrogen) atoms. The van der Waals surface area contributed by atoms with Crippen LogP contribution in [0.5, 0.6) is 0 Å². The van der Waals surface area contributed by atoms with Crippen molar-refractivity contribution >= 4 is 34.3 Å². The van der Waals surface area contributed by atoms with Crippen molar-refractivity contribution in [3.8, 4) is 6.07 Å². The smallest absolute Gasteiger partial charge is 0.244 e. The number of nitriles is 1. The van der Waals surface area contributed by atoms with Gasteiger partial charge in [0.25, 0.3) is 0 Å². The van der Waals surface area contributed by atoms with Crippen molar-refractivity contribution in [1.29, 1.82) is 5.26 Å². The minimum atomic E-state index is -0.861. The molecule has 1 heterocycles. The lowest BCUT2D eigenvalue weighted by molar-refractivity contribution is -0.140. The average Bonchev–Trinajstić information content (AvgIpc) is 2.58. The number of hydrogen-bond donors (Lipinski definition) is 1. The molecule has 0 spiro atoms. The summed E-state index contributed by atoms with van der Waals surface area (Å²) in [7, 11) is 1.06. The molecule has 2 unspecified atom stereocenters. The second-order valence-electron chi connectivity index (χ2n) is 5.85. The number of imide groups is 1. The van der Waals surface area contributed by atoms with Crippen LogP contribution in [0.1, 0.15) is 34.1 Å². The fraction of sp³-hybridized carbons (Fsp3) is 0.769. The van der Waals surface area contributed by atoms with Crippen LogP contribution in [0.3, 0.4) is 0 Å². The Morgan fingerprint density at radius 3 is 2.42 bits per heavy atom. The third-order valence-corrected chi connectivity index (χ3v) is 4.84. The Balaban J connectivity index is 2.99. The maximum absolute atomic E-state index is 12.4. The van der Waals surface area contributed by atoms with Gasteiger partial charge in [-0.1, -0.05) is 24.6 Å². The summed E-state index contributed by atoms with van der Waals surface area (Å²) in [5.74, 6) is -0.631. The molecule has 0 aromatic carbocycles. The first kappa shape index (κ1) is 16.4. The molecular formula is C13H20N2O2S2. The molecule has 0 saturated carbocycles. The van der Waals surface area contributed by atoms with E-state index in [9.17, 15) is 14.9 Å². The number of carbonyl (C=O) groups excluding carboxylic acids is 2. The maximum Gasteiger partial charge on any atom is 0.244 e. The van der Waals surface area contributed by atoms with Crippen molar-refractivity contribution in [2.45, 2.75) is 39.4 Å². The van der Waals surface area contributed by atoms with Gasteiger partial charge in [-0.15, -0.1) is 11.7 Å². The molecule has 1 saturated heterocycles.